The number of ether oxygens (including phenoxy) is 1. The van der Waals surface area contributed by atoms with E-state index in [1.807, 2.05) is 65.0 Å². The van der Waals surface area contributed by atoms with E-state index in [-0.39, 0.29) is 42.8 Å². The summed E-state index contributed by atoms with van der Waals surface area (Å²) in [6.45, 7) is 11.3. The zero-order valence-corrected chi connectivity index (χ0v) is 19.5. The molecular weight excluding hydrogens is 394 g/mol. The number of benzene rings is 1. The van der Waals surface area contributed by atoms with Gasteiger partial charge >= 0.3 is 6.09 Å². The number of likely N-dealkylation sites (tertiary alicyclic amines) is 1. The highest BCUT2D eigenvalue weighted by Crippen LogP contribution is 2.20. The second-order valence-electron chi connectivity index (χ2n) is 9.51. The van der Waals surface area contributed by atoms with Gasteiger partial charge in [-0.15, -0.1) is 0 Å². The molecule has 2 rings (SSSR count). The molecule has 7 nitrogen and oxygen atoms in total. The molecule has 172 valence electrons. The van der Waals surface area contributed by atoms with Gasteiger partial charge in [-0.25, -0.2) is 4.79 Å². The first-order valence-electron chi connectivity index (χ1n) is 11.1. The Hall–Kier alpha value is -2.57. The third kappa shape index (κ3) is 8.59. The minimum Gasteiger partial charge on any atom is -0.444 e. The van der Waals surface area contributed by atoms with Gasteiger partial charge < -0.3 is 19.9 Å². The summed E-state index contributed by atoms with van der Waals surface area (Å²) in [5, 5.41) is 2.73. The first kappa shape index (κ1) is 24.7. The number of rotatable bonds is 7. The predicted molar refractivity (Wildman–Crippen MR) is 121 cm³/mol. The molecule has 0 radical (unpaired) electrons. The van der Waals surface area contributed by atoms with Crippen molar-refractivity contribution in [1.82, 2.24) is 15.1 Å². The van der Waals surface area contributed by atoms with Crippen LogP contribution in [0.1, 0.15) is 53.0 Å². The number of carbonyl (C=O) groups excluding carboxylic acids is 3. The zero-order valence-electron chi connectivity index (χ0n) is 19.5. The Morgan fingerprint density at radius 1 is 1.19 bits per heavy atom. The Bertz CT molecular complexity index is 743. The summed E-state index contributed by atoms with van der Waals surface area (Å²) in [6.07, 6.45) is 1.78. The van der Waals surface area contributed by atoms with Crippen molar-refractivity contribution in [2.24, 2.45) is 5.92 Å². The van der Waals surface area contributed by atoms with E-state index in [1.165, 1.54) is 0 Å². The summed E-state index contributed by atoms with van der Waals surface area (Å²) in [5.74, 6) is -0.0591. The van der Waals surface area contributed by atoms with Gasteiger partial charge in [-0.3, -0.25) is 9.59 Å². The van der Waals surface area contributed by atoms with Gasteiger partial charge in [-0.2, -0.15) is 0 Å². The standard InChI is InChI=1S/C24H37N3O4/c1-18(2)27(23(30)31-24(3,4)5)17-20-12-9-13-26(16-20)22(29)15-25-21(28)14-19-10-7-6-8-11-19/h6-8,10-11,18,20H,9,12-17H2,1-5H3,(H,25,28). The smallest absolute Gasteiger partial charge is 0.410 e. The van der Waals surface area contributed by atoms with Crippen molar-refractivity contribution < 1.29 is 19.1 Å². The van der Waals surface area contributed by atoms with Gasteiger partial charge in [-0.1, -0.05) is 30.3 Å². The minimum atomic E-state index is -0.545. The number of amides is 3. The number of piperidine rings is 1. The van der Waals surface area contributed by atoms with Gasteiger partial charge in [0.05, 0.1) is 13.0 Å². The Balaban J connectivity index is 1.85. The first-order chi connectivity index (χ1) is 14.5. The zero-order chi connectivity index (χ0) is 23.0. The van der Waals surface area contributed by atoms with E-state index < -0.39 is 5.60 Å². The molecule has 0 bridgehead atoms. The monoisotopic (exact) mass is 431 g/mol. The van der Waals surface area contributed by atoms with Gasteiger partial charge in [0.1, 0.15) is 5.60 Å². The average Bonchev–Trinajstić information content (AvgIpc) is 2.69. The molecule has 0 spiro atoms. The predicted octanol–water partition coefficient (Wildman–Crippen LogP) is 3.23. The minimum absolute atomic E-state index is 0.00164. The number of carbonyl (C=O) groups is 3. The van der Waals surface area contributed by atoms with Crippen LogP contribution in [0.25, 0.3) is 0 Å². The molecule has 1 unspecified atom stereocenters. The molecular formula is C24H37N3O4. The quantitative estimate of drug-likeness (QED) is 0.719. The van der Waals surface area contributed by atoms with Crippen LogP contribution in [0.4, 0.5) is 4.79 Å². The Morgan fingerprint density at radius 2 is 1.87 bits per heavy atom. The summed E-state index contributed by atoms with van der Waals surface area (Å²) in [6, 6.07) is 9.47. The molecule has 31 heavy (non-hydrogen) atoms. The first-order valence-corrected chi connectivity index (χ1v) is 11.1. The van der Waals surface area contributed by atoms with Crippen molar-refractivity contribution in [3.05, 3.63) is 35.9 Å². The van der Waals surface area contributed by atoms with Crippen LogP contribution in [0.15, 0.2) is 30.3 Å². The normalized spacial score (nSPS) is 16.7. The molecule has 3 amide bonds. The second-order valence-corrected chi connectivity index (χ2v) is 9.51. The molecule has 1 aromatic carbocycles. The van der Waals surface area contributed by atoms with Crippen LogP contribution in [-0.2, 0) is 20.7 Å². The van der Waals surface area contributed by atoms with Crippen molar-refractivity contribution >= 4 is 17.9 Å². The molecule has 0 aliphatic carbocycles. The molecule has 1 heterocycles. The maximum atomic E-state index is 12.6. The molecule has 1 atom stereocenters. The van der Waals surface area contributed by atoms with Crippen LogP contribution in [0.5, 0.6) is 0 Å². The molecule has 1 aliphatic rings. The number of hydrogen-bond acceptors (Lipinski definition) is 4. The topological polar surface area (TPSA) is 79.0 Å². The number of nitrogens with zero attached hydrogens (tertiary/aromatic N) is 2. The summed E-state index contributed by atoms with van der Waals surface area (Å²) < 4.78 is 5.55. The van der Waals surface area contributed by atoms with Gasteiger partial charge in [0, 0.05) is 25.7 Å². The summed E-state index contributed by atoms with van der Waals surface area (Å²) in [5.41, 5.74) is 0.373. The van der Waals surface area contributed by atoms with Crippen molar-refractivity contribution in [2.45, 2.75) is 65.5 Å². The van der Waals surface area contributed by atoms with E-state index in [0.29, 0.717) is 19.6 Å². The molecule has 0 saturated carbocycles. The fourth-order valence-electron chi connectivity index (χ4n) is 3.67. The number of nitrogens with one attached hydrogen (secondary N) is 1. The number of hydrogen-bond donors (Lipinski definition) is 1. The molecule has 7 heteroatoms. The highest BCUT2D eigenvalue weighted by molar-refractivity contribution is 5.85. The van der Waals surface area contributed by atoms with Gasteiger partial charge in [0.25, 0.3) is 0 Å². The SMILES string of the molecule is CC(C)N(CC1CCCN(C(=O)CNC(=O)Cc2ccccc2)C1)C(=O)OC(C)(C)C. The molecule has 1 fully saturated rings. The third-order valence-electron chi connectivity index (χ3n) is 5.22. The highest BCUT2D eigenvalue weighted by atomic mass is 16.6. The molecule has 1 saturated heterocycles. The van der Waals surface area contributed by atoms with Crippen molar-refractivity contribution in [3.8, 4) is 0 Å². The molecule has 0 aromatic heterocycles. The van der Waals surface area contributed by atoms with Gasteiger partial charge in [0.15, 0.2) is 0 Å². The third-order valence-corrected chi connectivity index (χ3v) is 5.22. The summed E-state index contributed by atoms with van der Waals surface area (Å²) >= 11 is 0. The molecule has 1 N–H and O–H groups in total. The lowest BCUT2D eigenvalue weighted by Gasteiger charge is -2.37. The van der Waals surface area contributed by atoms with Crippen molar-refractivity contribution in [1.29, 1.82) is 0 Å². The lowest BCUT2D eigenvalue weighted by Crippen LogP contribution is -2.49. The molecule has 1 aliphatic heterocycles. The fourth-order valence-corrected chi connectivity index (χ4v) is 3.67. The van der Waals surface area contributed by atoms with E-state index in [0.717, 1.165) is 18.4 Å². The maximum Gasteiger partial charge on any atom is 0.410 e. The van der Waals surface area contributed by atoms with E-state index >= 15 is 0 Å². The van der Waals surface area contributed by atoms with E-state index in [9.17, 15) is 14.4 Å². The largest absolute Gasteiger partial charge is 0.444 e. The fraction of sp³-hybridized carbons (Fsp3) is 0.625. The lowest BCUT2D eigenvalue weighted by molar-refractivity contribution is -0.134. The average molecular weight is 432 g/mol. The van der Waals surface area contributed by atoms with Crippen molar-refractivity contribution in [3.63, 3.8) is 0 Å². The van der Waals surface area contributed by atoms with E-state index in [4.69, 9.17) is 4.74 Å². The van der Waals surface area contributed by atoms with Gasteiger partial charge in [-0.05, 0) is 58.9 Å². The Labute approximate surface area is 186 Å². The highest BCUT2D eigenvalue weighted by Gasteiger charge is 2.30. The molecule has 1 aromatic rings. The Kier molecular flexibility index (Phi) is 8.89. The van der Waals surface area contributed by atoms with Crippen LogP contribution in [-0.4, -0.2) is 65.5 Å². The Morgan fingerprint density at radius 3 is 2.48 bits per heavy atom. The maximum absolute atomic E-state index is 12.6. The van der Waals surface area contributed by atoms with Crippen LogP contribution >= 0.6 is 0 Å². The second kappa shape index (κ2) is 11.2. The van der Waals surface area contributed by atoms with Crippen molar-refractivity contribution in [2.75, 3.05) is 26.2 Å². The summed E-state index contributed by atoms with van der Waals surface area (Å²) in [7, 11) is 0. The van der Waals surface area contributed by atoms with Gasteiger partial charge in [0.2, 0.25) is 11.8 Å². The van der Waals surface area contributed by atoms with E-state index in [1.54, 1.807) is 9.80 Å². The summed E-state index contributed by atoms with van der Waals surface area (Å²) in [4.78, 5) is 40.9. The van der Waals surface area contributed by atoms with Crippen LogP contribution in [0, 0.1) is 5.92 Å². The van der Waals surface area contributed by atoms with Crippen LogP contribution in [0.2, 0.25) is 0 Å². The lowest BCUT2D eigenvalue weighted by atomic mass is 9.97. The van der Waals surface area contributed by atoms with Crippen LogP contribution in [0.3, 0.4) is 0 Å². The van der Waals surface area contributed by atoms with E-state index in [2.05, 4.69) is 5.32 Å². The van der Waals surface area contributed by atoms with Crippen LogP contribution < -0.4 is 5.32 Å².